The van der Waals surface area contributed by atoms with Crippen molar-refractivity contribution in [1.29, 1.82) is 0 Å². The molecule has 0 amide bonds. The van der Waals surface area contributed by atoms with Gasteiger partial charge in [0, 0.05) is 12.1 Å². The molecule has 1 aromatic carbocycles. The predicted octanol–water partition coefficient (Wildman–Crippen LogP) is 2.87. The molecule has 0 aliphatic carbocycles. The van der Waals surface area contributed by atoms with Crippen LogP contribution in [0.25, 0.3) is 0 Å². The summed E-state index contributed by atoms with van der Waals surface area (Å²) in [7, 11) is 0. The Hall–Kier alpha value is -1.52. The molecule has 3 nitrogen and oxygen atoms in total. The summed E-state index contributed by atoms with van der Waals surface area (Å²) >= 11 is 0. The van der Waals surface area contributed by atoms with Crippen molar-refractivity contribution in [3.8, 4) is 0 Å². The van der Waals surface area contributed by atoms with Crippen molar-refractivity contribution in [2.75, 3.05) is 0 Å². The summed E-state index contributed by atoms with van der Waals surface area (Å²) in [5.41, 5.74) is 0.137. The van der Waals surface area contributed by atoms with Gasteiger partial charge in [-0.3, -0.25) is 10.1 Å². The minimum absolute atomic E-state index is 0.137. The number of nitro groups is 1. The summed E-state index contributed by atoms with van der Waals surface area (Å²) in [6.45, 7) is 0.833. The molecule has 0 aromatic heterocycles. The van der Waals surface area contributed by atoms with Gasteiger partial charge in [0.2, 0.25) is 6.43 Å². The summed E-state index contributed by atoms with van der Waals surface area (Å²) in [6.07, 6.45) is -2.17. The SMILES string of the molecule is CC(F)F.O=[N+]([O-])c1ccccc1. The quantitative estimate of drug-likeness (QED) is 0.503. The van der Waals surface area contributed by atoms with Crippen molar-refractivity contribution < 1.29 is 13.7 Å². The second kappa shape index (κ2) is 6.05. The number of rotatable bonds is 1. The highest BCUT2D eigenvalue weighted by Gasteiger charge is 1.98. The van der Waals surface area contributed by atoms with E-state index < -0.39 is 11.3 Å². The number of non-ortho nitro benzene ring substituents is 1. The van der Waals surface area contributed by atoms with E-state index in [0.29, 0.717) is 0 Å². The minimum atomic E-state index is -2.17. The normalized spacial score (nSPS) is 8.92. The van der Waals surface area contributed by atoms with Crippen LogP contribution in [0.4, 0.5) is 14.5 Å². The highest BCUT2D eigenvalue weighted by atomic mass is 19.3. The van der Waals surface area contributed by atoms with Crippen molar-refractivity contribution in [3.05, 3.63) is 40.4 Å². The third kappa shape index (κ3) is 6.86. The first kappa shape index (κ1) is 11.5. The topological polar surface area (TPSA) is 43.1 Å². The van der Waals surface area contributed by atoms with Crippen molar-refractivity contribution in [2.45, 2.75) is 13.3 Å². The maximum Gasteiger partial charge on any atom is 0.269 e. The zero-order valence-corrected chi connectivity index (χ0v) is 6.98. The summed E-state index contributed by atoms with van der Waals surface area (Å²) in [5, 5.41) is 10.0. The second-order valence-electron chi connectivity index (χ2n) is 2.11. The molecule has 0 saturated carbocycles. The molecule has 13 heavy (non-hydrogen) atoms. The molecule has 0 spiro atoms. The van der Waals surface area contributed by atoms with Gasteiger partial charge < -0.3 is 0 Å². The maximum atomic E-state index is 10.3. The molecule has 0 bridgehead atoms. The molecular formula is C8H9F2NO2. The summed E-state index contributed by atoms with van der Waals surface area (Å²) in [5.74, 6) is 0. The molecule has 0 fully saturated rings. The van der Waals surface area contributed by atoms with E-state index in [-0.39, 0.29) is 5.69 Å². The fraction of sp³-hybridized carbons (Fsp3) is 0.250. The Bertz CT molecular complexity index is 249. The van der Waals surface area contributed by atoms with Gasteiger partial charge in [0.05, 0.1) is 4.92 Å². The molecule has 0 N–H and O–H groups in total. The molecule has 0 radical (unpaired) electrons. The average Bonchev–Trinajstić information content (AvgIpc) is 2.05. The lowest BCUT2D eigenvalue weighted by Crippen LogP contribution is -1.84. The van der Waals surface area contributed by atoms with E-state index in [0.717, 1.165) is 6.92 Å². The van der Waals surface area contributed by atoms with Gasteiger partial charge in [0.15, 0.2) is 0 Å². The van der Waals surface area contributed by atoms with Crippen LogP contribution in [0, 0.1) is 10.1 Å². The van der Waals surface area contributed by atoms with Gasteiger partial charge in [-0.25, -0.2) is 8.78 Å². The standard InChI is InChI=1S/C6H5NO2.C2H4F2/c8-7(9)6-4-2-1-3-5-6;1-2(3)4/h1-5H;2H,1H3. The summed E-state index contributed by atoms with van der Waals surface area (Å²) < 4.78 is 20.7. The van der Waals surface area contributed by atoms with Crippen molar-refractivity contribution in [2.24, 2.45) is 0 Å². The molecule has 0 aliphatic heterocycles. The highest BCUT2D eigenvalue weighted by Crippen LogP contribution is 2.06. The van der Waals surface area contributed by atoms with Crippen molar-refractivity contribution in [1.82, 2.24) is 0 Å². The minimum Gasteiger partial charge on any atom is -0.258 e. The van der Waals surface area contributed by atoms with Crippen LogP contribution in [0.1, 0.15) is 6.92 Å². The summed E-state index contributed by atoms with van der Waals surface area (Å²) in [4.78, 5) is 9.59. The van der Waals surface area contributed by atoms with E-state index >= 15 is 0 Å². The first-order valence-corrected chi connectivity index (χ1v) is 3.51. The van der Waals surface area contributed by atoms with Crippen molar-refractivity contribution in [3.63, 3.8) is 0 Å². The van der Waals surface area contributed by atoms with Gasteiger partial charge in [-0.05, 0) is 6.92 Å². The lowest BCUT2D eigenvalue weighted by molar-refractivity contribution is -0.384. The molecule has 1 aromatic rings. The fourth-order valence-electron chi connectivity index (χ4n) is 0.550. The van der Waals surface area contributed by atoms with Crippen LogP contribution in [-0.4, -0.2) is 11.3 Å². The van der Waals surface area contributed by atoms with Crippen molar-refractivity contribution >= 4 is 5.69 Å². The predicted molar refractivity (Wildman–Crippen MR) is 44.8 cm³/mol. The van der Waals surface area contributed by atoms with Crippen LogP contribution < -0.4 is 0 Å². The Morgan fingerprint density at radius 3 is 1.92 bits per heavy atom. The molecular weight excluding hydrogens is 180 g/mol. The third-order valence-electron chi connectivity index (χ3n) is 0.967. The Labute approximate surface area is 74.2 Å². The number of hydrogen-bond donors (Lipinski definition) is 0. The fourth-order valence-corrected chi connectivity index (χ4v) is 0.550. The Kier molecular flexibility index (Phi) is 5.34. The van der Waals surface area contributed by atoms with Gasteiger partial charge in [0.25, 0.3) is 5.69 Å². The highest BCUT2D eigenvalue weighted by molar-refractivity contribution is 5.27. The lowest BCUT2D eigenvalue weighted by Gasteiger charge is -1.85. The van der Waals surface area contributed by atoms with E-state index in [1.165, 1.54) is 12.1 Å². The number of benzene rings is 1. The van der Waals surface area contributed by atoms with Crippen LogP contribution in [0.5, 0.6) is 0 Å². The van der Waals surface area contributed by atoms with E-state index in [1.807, 2.05) is 0 Å². The van der Waals surface area contributed by atoms with E-state index in [4.69, 9.17) is 0 Å². The molecule has 0 atom stereocenters. The van der Waals surface area contributed by atoms with E-state index in [2.05, 4.69) is 0 Å². The molecule has 0 aliphatic rings. The molecule has 0 unspecified atom stereocenters. The number of para-hydroxylation sites is 1. The monoisotopic (exact) mass is 189 g/mol. The maximum absolute atomic E-state index is 10.3. The Morgan fingerprint density at radius 2 is 1.69 bits per heavy atom. The molecule has 72 valence electrons. The van der Waals surface area contributed by atoms with E-state index in [9.17, 15) is 18.9 Å². The van der Waals surface area contributed by atoms with Crippen LogP contribution >= 0.6 is 0 Å². The number of alkyl halides is 2. The number of nitrogens with zero attached hydrogens (tertiary/aromatic N) is 1. The van der Waals surface area contributed by atoms with E-state index in [1.54, 1.807) is 18.2 Å². The van der Waals surface area contributed by atoms with Gasteiger partial charge in [0.1, 0.15) is 0 Å². The lowest BCUT2D eigenvalue weighted by atomic mass is 10.3. The number of halogens is 2. The second-order valence-corrected chi connectivity index (χ2v) is 2.11. The van der Waals surface area contributed by atoms with Gasteiger partial charge in [-0.2, -0.15) is 0 Å². The van der Waals surface area contributed by atoms with Gasteiger partial charge in [-0.15, -0.1) is 0 Å². The third-order valence-corrected chi connectivity index (χ3v) is 0.967. The molecule has 0 saturated heterocycles. The molecule has 5 heteroatoms. The van der Waals surface area contributed by atoms with Crippen LogP contribution in [0.15, 0.2) is 30.3 Å². The average molecular weight is 189 g/mol. The van der Waals surface area contributed by atoms with Gasteiger partial charge in [-0.1, -0.05) is 18.2 Å². The number of nitro benzene ring substituents is 1. The van der Waals surface area contributed by atoms with Crippen LogP contribution in [0.2, 0.25) is 0 Å². The summed E-state index contributed by atoms with van der Waals surface area (Å²) in [6, 6.07) is 7.93. The molecule has 1 rings (SSSR count). The number of hydrogen-bond acceptors (Lipinski definition) is 2. The first-order valence-electron chi connectivity index (χ1n) is 3.51. The zero-order valence-electron chi connectivity index (χ0n) is 6.98. The van der Waals surface area contributed by atoms with Gasteiger partial charge >= 0.3 is 0 Å². The smallest absolute Gasteiger partial charge is 0.258 e. The Morgan fingerprint density at radius 1 is 1.31 bits per heavy atom. The Balaban J connectivity index is 0.000000310. The van der Waals surface area contributed by atoms with Crippen LogP contribution in [-0.2, 0) is 0 Å². The largest absolute Gasteiger partial charge is 0.269 e. The van der Waals surface area contributed by atoms with Crippen LogP contribution in [0.3, 0.4) is 0 Å². The molecule has 0 heterocycles. The zero-order chi connectivity index (χ0) is 10.3. The first-order chi connectivity index (χ1) is 6.04.